The SMILES string of the molecule is CCCCOc1ccc(-c2ccc(Cl)nn2)cc1. The summed E-state index contributed by atoms with van der Waals surface area (Å²) in [7, 11) is 0. The molecule has 1 heterocycles. The Hall–Kier alpha value is -1.61. The maximum absolute atomic E-state index is 5.70. The van der Waals surface area contributed by atoms with Gasteiger partial charge in [0.25, 0.3) is 0 Å². The summed E-state index contributed by atoms with van der Waals surface area (Å²) >= 11 is 5.70. The maximum Gasteiger partial charge on any atom is 0.151 e. The molecular weight excluding hydrogens is 248 g/mol. The quantitative estimate of drug-likeness (QED) is 0.765. The van der Waals surface area contributed by atoms with Crippen LogP contribution < -0.4 is 4.74 Å². The van der Waals surface area contributed by atoms with Crippen LogP contribution in [0.5, 0.6) is 5.75 Å². The topological polar surface area (TPSA) is 35.0 Å². The minimum atomic E-state index is 0.401. The number of halogens is 1. The van der Waals surface area contributed by atoms with Gasteiger partial charge >= 0.3 is 0 Å². The second kappa shape index (κ2) is 6.36. The number of unbranched alkanes of at least 4 members (excludes halogenated alkanes) is 1. The first-order valence-corrected chi connectivity index (χ1v) is 6.40. The van der Waals surface area contributed by atoms with Crippen molar-refractivity contribution >= 4 is 11.6 Å². The summed E-state index contributed by atoms with van der Waals surface area (Å²) in [6.45, 7) is 2.91. The number of benzene rings is 1. The summed E-state index contributed by atoms with van der Waals surface area (Å²) in [6, 6.07) is 11.4. The van der Waals surface area contributed by atoms with Gasteiger partial charge in [0.15, 0.2) is 5.15 Å². The molecule has 2 rings (SSSR count). The lowest BCUT2D eigenvalue weighted by Crippen LogP contribution is -1.96. The molecule has 94 valence electrons. The zero-order valence-electron chi connectivity index (χ0n) is 10.3. The summed E-state index contributed by atoms with van der Waals surface area (Å²) in [5.41, 5.74) is 1.81. The third-order valence-corrected chi connectivity index (χ3v) is 2.75. The fourth-order valence-corrected chi connectivity index (χ4v) is 1.63. The summed E-state index contributed by atoms with van der Waals surface area (Å²) in [4.78, 5) is 0. The molecule has 0 saturated heterocycles. The van der Waals surface area contributed by atoms with E-state index in [4.69, 9.17) is 16.3 Å². The Morgan fingerprint density at radius 2 is 1.83 bits per heavy atom. The predicted octanol–water partition coefficient (Wildman–Crippen LogP) is 3.98. The van der Waals surface area contributed by atoms with E-state index in [1.54, 1.807) is 6.07 Å². The minimum Gasteiger partial charge on any atom is -0.494 e. The van der Waals surface area contributed by atoms with Crippen LogP contribution in [-0.2, 0) is 0 Å². The zero-order chi connectivity index (χ0) is 12.8. The fourth-order valence-electron chi connectivity index (χ4n) is 1.53. The first-order valence-electron chi connectivity index (χ1n) is 6.02. The van der Waals surface area contributed by atoms with Crippen molar-refractivity contribution in [3.63, 3.8) is 0 Å². The highest BCUT2D eigenvalue weighted by molar-refractivity contribution is 6.29. The third kappa shape index (κ3) is 3.44. The lowest BCUT2D eigenvalue weighted by atomic mass is 10.1. The molecule has 0 amide bonds. The average Bonchev–Trinajstić information content (AvgIpc) is 2.41. The minimum absolute atomic E-state index is 0.401. The molecule has 2 aromatic rings. The van der Waals surface area contributed by atoms with Crippen LogP contribution in [0.3, 0.4) is 0 Å². The van der Waals surface area contributed by atoms with Crippen LogP contribution >= 0.6 is 11.6 Å². The van der Waals surface area contributed by atoms with Crippen LogP contribution in [0, 0.1) is 0 Å². The molecule has 1 aromatic heterocycles. The van der Waals surface area contributed by atoms with Crippen LogP contribution in [0.2, 0.25) is 5.15 Å². The van der Waals surface area contributed by atoms with Gasteiger partial charge in [0.05, 0.1) is 12.3 Å². The Kier molecular flexibility index (Phi) is 4.53. The highest BCUT2D eigenvalue weighted by Gasteiger charge is 2.01. The summed E-state index contributed by atoms with van der Waals surface area (Å²) < 4.78 is 5.60. The van der Waals surface area contributed by atoms with Gasteiger partial charge in [0, 0.05) is 5.56 Å². The molecule has 0 saturated carbocycles. The van der Waals surface area contributed by atoms with Crippen molar-refractivity contribution < 1.29 is 4.74 Å². The van der Waals surface area contributed by atoms with E-state index >= 15 is 0 Å². The summed E-state index contributed by atoms with van der Waals surface area (Å²) in [5, 5.41) is 8.25. The fraction of sp³-hybridized carbons (Fsp3) is 0.286. The lowest BCUT2D eigenvalue weighted by Gasteiger charge is -2.06. The molecule has 0 atom stereocenters. The Labute approximate surface area is 112 Å². The Morgan fingerprint density at radius 1 is 1.06 bits per heavy atom. The molecule has 0 aliphatic heterocycles. The molecule has 4 heteroatoms. The molecule has 18 heavy (non-hydrogen) atoms. The van der Waals surface area contributed by atoms with Crippen molar-refractivity contribution in [3.8, 4) is 17.0 Å². The first kappa shape index (κ1) is 12.8. The van der Waals surface area contributed by atoms with Crippen molar-refractivity contribution in [1.82, 2.24) is 10.2 Å². The van der Waals surface area contributed by atoms with Gasteiger partial charge in [0.2, 0.25) is 0 Å². The largest absolute Gasteiger partial charge is 0.494 e. The van der Waals surface area contributed by atoms with Gasteiger partial charge < -0.3 is 4.74 Å². The lowest BCUT2D eigenvalue weighted by molar-refractivity contribution is 0.309. The van der Waals surface area contributed by atoms with Crippen molar-refractivity contribution in [2.75, 3.05) is 6.61 Å². The maximum atomic E-state index is 5.70. The normalized spacial score (nSPS) is 10.3. The first-order chi connectivity index (χ1) is 8.79. The van der Waals surface area contributed by atoms with E-state index in [2.05, 4.69) is 17.1 Å². The van der Waals surface area contributed by atoms with E-state index in [1.165, 1.54) is 0 Å². The van der Waals surface area contributed by atoms with E-state index in [0.717, 1.165) is 36.5 Å². The molecule has 1 aromatic carbocycles. The van der Waals surface area contributed by atoms with Crippen LogP contribution in [-0.4, -0.2) is 16.8 Å². The molecule has 0 bridgehead atoms. The Bertz CT molecular complexity index is 482. The number of hydrogen-bond donors (Lipinski definition) is 0. The predicted molar refractivity (Wildman–Crippen MR) is 72.9 cm³/mol. The van der Waals surface area contributed by atoms with Gasteiger partial charge in [-0.25, -0.2) is 0 Å². The molecule has 0 radical (unpaired) electrons. The van der Waals surface area contributed by atoms with Crippen molar-refractivity contribution in [2.45, 2.75) is 19.8 Å². The van der Waals surface area contributed by atoms with E-state index in [1.807, 2.05) is 30.3 Å². The standard InChI is InChI=1S/C14H15ClN2O/c1-2-3-10-18-12-6-4-11(5-7-12)13-8-9-14(15)17-16-13/h4-9H,2-3,10H2,1H3. The number of hydrogen-bond acceptors (Lipinski definition) is 3. The van der Waals surface area contributed by atoms with Crippen LogP contribution in [0.1, 0.15) is 19.8 Å². The van der Waals surface area contributed by atoms with E-state index in [0.29, 0.717) is 5.15 Å². The highest BCUT2D eigenvalue weighted by Crippen LogP contribution is 2.21. The van der Waals surface area contributed by atoms with Gasteiger partial charge in [-0.2, -0.15) is 0 Å². The van der Waals surface area contributed by atoms with Crippen molar-refractivity contribution in [3.05, 3.63) is 41.6 Å². The molecule has 0 aliphatic carbocycles. The number of aromatic nitrogens is 2. The van der Waals surface area contributed by atoms with E-state index in [9.17, 15) is 0 Å². The third-order valence-electron chi connectivity index (χ3n) is 2.55. The van der Waals surface area contributed by atoms with Crippen molar-refractivity contribution in [1.29, 1.82) is 0 Å². The van der Waals surface area contributed by atoms with Gasteiger partial charge in [-0.05, 0) is 42.8 Å². The summed E-state index contributed by atoms with van der Waals surface area (Å²) in [6.07, 6.45) is 2.21. The van der Waals surface area contributed by atoms with Gasteiger partial charge in [-0.3, -0.25) is 0 Å². The van der Waals surface area contributed by atoms with Crippen LogP contribution in [0.15, 0.2) is 36.4 Å². The zero-order valence-corrected chi connectivity index (χ0v) is 11.0. The molecule has 0 spiro atoms. The number of nitrogens with zero attached hydrogens (tertiary/aromatic N) is 2. The van der Waals surface area contributed by atoms with Gasteiger partial charge in [-0.1, -0.05) is 24.9 Å². The smallest absolute Gasteiger partial charge is 0.151 e. The average molecular weight is 263 g/mol. The van der Waals surface area contributed by atoms with E-state index < -0.39 is 0 Å². The Balaban J connectivity index is 2.05. The van der Waals surface area contributed by atoms with Gasteiger partial charge in [0.1, 0.15) is 5.75 Å². The van der Waals surface area contributed by atoms with E-state index in [-0.39, 0.29) is 0 Å². The summed E-state index contributed by atoms with van der Waals surface area (Å²) in [5.74, 6) is 0.883. The second-order valence-corrected chi connectivity index (χ2v) is 4.35. The molecule has 0 unspecified atom stereocenters. The second-order valence-electron chi connectivity index (χ2n) is 3.97. The molecule has 0 N–H and O–H groups in total. The number of rotatable bonds is 5. The van der Waals surface area contributed by atoms with Crippen LogP contribution in [0.4, 0.5) is 0 Å². The molecule has 0 fully saturated rings. The van der Waals surface area contributed by atoms with Crippen LogP contribution in [0.25, 0.3) is 11.3 Å². The molecule has 3 nitrogen and oxygen atoms in total. The highest BCUT2D eigenvalue weighted by atomic mass is 35.5. The van der Waals surface area contributed by atoms with Crippen molar-refractivity contribution in [2.24, 2.45) is 0 Å². The number of ether oxygens (including phenoxy) is 1. The monoisotopic (exact) mass is 262 g/mol. The van der Waals surface area contributed by atoms with Gasteiger partial charge in [-0.15, -0.1) is 10.2 Å². The Morgan fingerprint density at radius 3 is 2.44 bits per heavy atom. The molecular formula is C14H15ClN2O. The molecule has 0 aliphatic rings.